The van der Waals surface area contributed by atoms with Crippen LogP contribution in [0.15, 0.2) is 18.2 Å². The van der Waals surface area contributed by atoms with E-state index in [4.69, 9.17) is 28.5 Å². The molecular formula is C12H14ClNO. The van der Waals surface area contributed by atoms with E-state index in [1.165, 1.54) is 0 Å². The Hall–Kier alpha value is -1.17. The molecular weight excluding hydrogens is 210 g/mol. The normalized spacial score (nSPS) is 9.67. The standard InChI is InChI=1S/C12H14ClNO/c1-2-3-9-15-12-10(7-8-14)5-4-6-11(12)13/h1,4-6H,3,7-9,14H2. The van der Waals surface area contributed by atoms with Crippen molar-refractivity contribution in [1.29, 1.82) is 0 Å². The van der Waals surface area contributed by atoms with Crippen LogP contribution in [-0.2, 0) is 6.42 Å². The molecule has 1 aromatic rings. The predicted molar refractivity (Wildman–Crippen MR) is 63.2 cm³/mol. The molecule has 2 nitrogen and oxygen atoms in total. The molecule has 1 rings (SSSR count). The van der Waals surface area contributed by atoms with Crippen LogP contribution >= 0.6 is 11.6 Å². The van der Waals surface area contributed by atoms with Crippen molar-refractivity contribution in [3.05, 3.63) is 28.8 Å². The minimum Gasteiger partial charge on any atom is -0.491 e. The third kappa shape index (κ3) is 3.47. The first-order chi connectivity index (χ1) is 7.29. The van der Waals surface area contributed by atoms with E-state index in [1.807, 2.05) is 12.1 Å². The van der Waals surface area contributed by atoms with Crippen LogP contribution in [0, 0.1) is 12.3 Å². The number of hydrogen-bond donors (Lipinski definition) is 1. The third-order valence-electron chi connectivity index (χ3n) is 1.96. The van der Waals surface area contributed by atoms with Gasteiger partial charge in [0.1, 0.15) is 5.75 Å². The van der Waals surface area contributed by atoms with Crippen molar-refractivity contribution < 1.29 is 4.74 Å². The molecule has 1 aromatic carbocycles. The first-order valence-corrected chi connectivity index (χ1v) is 5.21. The molecule has 0 amide bonds. The highest BCUT2D eigenvalue weighted by Gasteiger charge is 2.07. The molecule has 3 heteroatoms. The average molecular weight is 224 g/mol. The van der Waals surface area contributed by atoms with Crippen molar-refractivity contribution in [2.75, 3.05) is 13.2 Å². The molecule has 0 aliphatic heterocycles. The van der Waals surface area contributed by atoms with E-state index in [9.17, 15) is 0 Å². The van der Waals surface area contributed by atoms with Crippen molar-refractivity contribution in [3.8, 4) is 18.1 Å². The lowest BCUT2D eigenvalue weighted by Gasteiger charge is -2.11. The lowest BCUT2D eigenvalue weighted by Crippen LogP contribution is -2.06. The summed E-state index contributed by atoms with van der Waals surface area (Å²) in [5, 5.41) is 0.609. The lowest BCUT2D eigenvalue weighted by molar-refractivity contribution is 0.324. The highest BCUT2D eigenvalue weighted by Crippen LogP contribution is 2.28. The summed E-state index contributed by atoms with van der Waals surface area (Å²) < 4.78 is 5.53. The van der Waals surface area contributed by atoms with Crippen molar-refractivity contribution in [1.82, 2.24) is 0 Å². The van der Waals surface area contributed by atoms with Crippen LogP contribution in [0.4, 0.5) is 0 Å². The van der Waals surface area contributed by atoms with E-state index in [0.717, 1.165) is 12.0 Å². The molecule has 15 heavy (non-hydrogen) atoms. The second-order valence-electron chi connectivity index (χ2n) is 3.07. The Balaban J connectivity index is 2.78. The van der Waals surface area contributed by atoms with Gasteiger partial charge in [-0.3, -0.25) is 0 Å². The first-order valence-electron chi connectivity index (χ1n) is 4.83. The topological polar surface area (TPSA) is 35.2 Å². The van der Waals surface area contributed by atoms with E-state index in [2.05, 4.69) is 5.92 Å². The summed E-state index contributed by atoms with van der Waals surface area (Å²) in [6.07, 6.45) is 6.48. The van der Waals surface area contributed by atoms with Gasteiger partial charge in [-0.1, -0.05) is 23.7 Å². The molecule has 0 aliphatic rings. The molecule has 0 aromatic heterocycles. The molecule has 80 valence electrons. The van der Waals surface area contributed by atoms with Gasteiger partial charge in [0.05, 0.1) is 11.6 Å². The zero-order valence-electron chi connectivity index (χ0n) is 8.50. The maximum absolute atomic E-state index is 6.03. The molecule has 0 unspecified atom stereocenters. The highest BCUT2D eigenvalue weighted by molar-refractivity contribution is 6.32. The van der Waals surface area contributed by atoms with Crippen LogP contribution in [0.5, 0.6) is 5.75 Å². The van der Waals surface area contributed by atoms with Gasteiger partial charge in [0.2, 0.25) is 0 Å². The quantitative estimate of drug-likeness (QED) is 0.614. The van der Waals surface area contributed by atoms with Crippen molar-refractivity contribution in [2.24, 2.45) is 5.73 Å². The van der Waals surface area contributed by atoms with Crippen molar-refractivity contribution >= 4 is 11.6 Å². The van der Waals surface area contributed by atoms with Crippen molar-refractivity contribution in [2.45, 2.75) is 12.8 Å². The lowest BCUT2D eigenvalue weighted by atomic mass is 10.1. The zero-order valence-corrected chi connectivity index (χ0v) is 9.26. The van der Waals surface area contributed by atoms with Crippen LogP contribution < -0.4 is 10.5 Å². The summed E-state index contributed by atoms with van der Waals surface area (Å²) in [6.45, 7) is 1.06. The smallest absolute Gasteiger partial charge is 0.141 e. The van der Waals surface area contributed by atoms with Crippen LogP contribution in [0.25, 0.3) is 0 Å². The van der Waals surface area contributed by atoms with Gasteiger partial charge in [0, 0.05) is 6.42 Å². The molecule has 0 bridgehead atoms. The fourth-order valence-electron chi connectivity index (χ4n) is 1.28. The maximum atomic E-state index is 6.03. The fraction of sp³-hybridized carbons (Fsp3) is 0.333. The number of para-hydroxylation sites is 1. The Kier molecular flexibility index (Phi) is 5.03. The molecule has 0 radical (unpaired) electrons. The van der Waals surface area contributed by atoms with Crippen LogP contribution in [0.2, 0.25) is 5.02 Å². The monoisotopic (exact) mass is 223 g/mol. The van der Waals surface area contributed by atoms with Gasteiger partial charge in [-0.25, -0.2) is 0 Å². The number of halogens is 1. The second kappa shape index (κ2) is 6.34. The SMILES string of the molecule is C#CCCOc1c(Cl)cccc1CCN. The summed E-state index contributed by atoms with van der Waals surface area (Å²) in [6, 6.07) is 5.65. The molecule has 0 aliphatic carbocycles. The summed E-state index contributed by atoms with van der Waals surface area (Å²) in [5.41, 5.74) is 6.53. The average Bonchev–Trinajstić information content (AvgIpc) is 2.23. The second-order valence-corrected chi connectivity index (χ2v) is 3.48. The Morgan fingerprint density at radius 2 is 2.27 bits per heavy atom. The summed E-state index contributed by atoms with van der Waals surface area (Å²) >= 11 is 6.03. The third-order valence-corrected chi connectivity index (χ3v) is 2.25. The largest absolute Gasteiger partial charge is 0.491 e. The van der Waals surface area contributed by atoms with E-state index in [0.29, 0.717) is 30.3 Å². The van der Waals surface area contributed by atoms with Gasteiger partial charge < -0.3 is 10.5 Å². The minimum absolute atomic E-state index is 0.484. The number of hydrogen-bond acceptors (Lipinski definition) is 2. The Labute approximate surface area is 95.4 Å². The predicted octanol–water partition coefficient (Wildman–Crippen LogP) is 2.24. The molecule has 0 saturated carbocycles. The van der Waals surface area contributed by atoms with Crippen LogP contribution in [-0.4, -0.2) is 13.2 Å². The van der Waals surface area contributed by atoms with Gasteiger partial charge in [0.15, 0.2) is 0 Å². The van der Waals surface area contributed by atoms with Gasteiger partial charge in [0.25, 0.3) is 0 Å². The Bertz CT molecular complexity index is 357. The minimum atomic E-state index is 0.484. The van der Waals surface area contributed by atoms with Gasteiger partial charge in [-0.2, -0.15) is 0 Å². The number of nitrogens with two attached hydrogens (primary N) is 1. The summed E-state index contributed by atoms with van der Waals surface area (Å²) in [5.74, 6) is 3.22. The number of terminal acetylenes is 1. The first kappa shape index (κ1) is 11.9. The van der Waals surface area contributed by atoms with E-state index in [1.54, 1.807) is 6.07 Å². The Morgan fingerprint density at radius 3 is 2.93 bits per heavy atom. The van der Waals surface area contributed by atoms with Gasteiger partial charge in [-0.05, 0) is 24.6 Å². The maximum Gasteiger partial charge on any atom is 0.141 e. The fourth-order valence-corrected chi connectivity index (χ4v) is 1.53. The molecule has 0 atom stereocenters. The number of ether oxygens (including phenoxy) is 1. The molecule has 0 saturated heterocycles. The van der Waals surface area contributed by atoms with E-state index < -0.39 is 0 Å². The highest BCUT2D eigenvalue weighted by atomic mass is 35.5. The van der Waals surface area contributed by atoms with E-state index in [-0.39, 0.29) is 0 Å². The van der Waals surface area contributed by atoms with E-state index >= 15 is 0 Å². The summed E-state index contributed by atoms with van der Waals surface area (Å²) in [4.78, 5) is 0. The molecule has 0 heterocycles. The van der Waals surface area contributed by atoms with Crippen molar-refractivity contribution in [3.63, 3.8) is 0 Å². The van der Waals surface area contributed by atoms with Crippen LogP contribution in [0.3, 0.4) is 0 Å². The molecule has 0 spiro atoms. The molecule has 2 N–H and O–H groups in total. The summed E-state index contributed by atoms with van der Waals surface area (Å²) in [7, 11) is 0. The van der Waals surface area contributed by atoms with Gasteiger partial charge >= 0.3 is 0 Å². The number of benzene rings is 1. The zero-order chi connectivity index (χ0) is 11.1. The number of rotatable bonds is 5. The van der Waals surface area contributed by atoms with Crippen LogP contribution in [0.1, 0.15) is 12.0 Å². The molecule has 0 fully saturated rings. The van der Waals surface area contributed by atoms with Gasteiger partial charge in [-0.15, -0.1) is 12.3 Å². The Morgan fingerprint density at radius 1 is 1.47 bits per heavy atom.